The summed E-state index contributed by atoms with van der Waals surface area (Å²) in [7, 11) is 1.58. The number of anilines is 1. The van der Waals surface area contributed by atoms with Crippen molar-refractivity contribution in [2.45, 2.75) is 18.3 Å². The Kier molecular flexibility index (Phi) is 4.70. The van der Waals surface area contributed by atoms with Gasteiger partial charge in [-0.05, 0) is 48.9 Å². The van der Waals surface area contributed by atoms with E-state index in [2.05, 4.69) is 0 Å². The average Bonchev–Trinajstić information content (AvgIpc) is 3.23. The second kappa shape index (κ2) is 7.15. The van der Waals surface area contributed by atoms with E-state index in [1.165, 1.54) is 4.90 Å². The minimum atomic E-state index is -0.429. The molecule has 2 saturated heterocycles. The van der Waals surface area contributed by atoms with E-state index in [0.717, 1.165) is 11.3 Å². The Morgan fingerprint density at radius 3 is 2.33 bits per heavy atom. The molecule has 0 unspecified atom stereocenters. The van der Waals surface area contributed by atoms with Crippen LogP contribution in [0.25, 0.3) is 0 Å². The molecule has 0 aliphatic carbocycles. The number of fused-ring (bicyclic) bond motifs is 1. The van der Waals surface area contributed by atoms with Crippen LogP contribution in [-0.4, -0.2) is 42.3 Å². The minimum absolute atomic E-state index is 0.175. The van der Waals surface area contributed by atoms with E-state index in [1.54, 1.807) is 48.0 Å². The van der Waals surface area contributed by atoms with E-state index in [1.807, 2.05) is 31.2 Å². The topological polar surface area (TPSA) is 59.1 Å². The van der Waals surface area contributed by atoms with Crippen molar-refractivity contribution in [2.24, 2.45) is 0 Å². The number of benzene rings is 2. The van der Waals surface area contributed by atoms with Gasteiger partial charge in [-0.1, -0.05) is 12.1 Å². The molecule has 6 nitrogen and oxygen atoms in total. The first-order chi connectivity index (χ1) is 13.1. The Labute approximate surface area is 162 Å². The molecule has 2 heterocycles. The number of nitrogens with zero attached hydrogens (tertiary/aromatic N) is 2. The Morgan fingerprint density at radius 1 is 1.04 bits per heavy atom. The number of rotatable bonds is 5. The number of thioether (sulfide) groups is 1. The van der Waals surface area contributed by atoms with Crippen LogP contribution >= 0.6 is 11.8 Å². The van der Waals surface area contributed by atoms with Crippen molar-refractivity contribution in [1.29, 1.82) is 0 Å². The summed E-state index contributed by atoms with van der Waals surface area (Å²) in [5, 5.41) is -0.176. The summed E-state index contributed by atoms with van der Waals surface area (Å²) in [6.07, 6.45) is 0. The molecule has 2 aliphatic heterocycles. The molecule has 4 rings (SSSR count). The maximum Gasteiger partial charge on any atom is 0.333 e. The van der Waals surface area contributed by atoms with Crippen LogP contribution in [0.3, 0.4) is 0 Å². The predicted octanol–water partition coefficient (Wildman–Crippen LogP) is 3.68. The fourth-order valence-electron chi connectivity index (χ4n) is 3.41. The Balaban J connectivity index is 1.59. The Bertz CT molecular complexity index is 853. The molecule has 0 radical (unpaired) electrons. The number of carbonyl (C=O) groups is 2. The highest BCUT2D eigenvalue weighted by Crippen LogP contribution is 2.46. The molecule has 0 spiro atoms. The molecule has 7 heteroatoms. The molecule has 0 N–H and O–H groups in total. The third-order valence-corrected chi connectivity index (χ3v) is 6.05. The van der Waals surface area contributed by atoms with Gasteiger partial charge < -0.3 is 9.47 Å². The Morgan fingerprint density at radius 2 is 1.70 bits per heavy atom. The molecule has 2 aromatic rings. The van der Waals surface area contributed by atoms with Gasteiger partial charge in [0.15, 0.2) is 0 Å². The first-order valence-corrected chi connectivity index (χ1v) is 9.83. The number of imide groups is 1. The number of carbonyl (C=O) groups excluding carboxylic acids is 2. The maximum absolute atomic E-state index is 13.1. The molecule has 0 saturated carbocycles. The van der Waals surface area contributed by atoms with Gasteiger partial charge in [0, 0.05) is 5.75 Å². The van der Waals surface area contributed by atoms with Gasteiger partial charge in [-0.3, -0.25) is 9.69 Å². The van der Waals surface area contributed by atoms with E-state index in [-0.39, 0.29) is 17.3 Å². The normalized spacial score (nSPS) is 21.6. The summed E-state index contributed by atoms with van der Waals surface area (Å²) in [6.45, 7) is 2.54. The van der Waals surface area contributed by atoms with E-state index < -0.39 is 6.04 Å². The van der Waals surface area contributed by atoms with Crippen LogP contribution in [0.15, 0.2) is 48.5 Å². The Hall–Kier alpha value is -2.67. The van der Waals surface area contributed by atoms with Gasteiger partial charge >= 0.3 is 6.03 Å². The second-order valence-corrected chi connectivity index (χ2v) is 7.38. The van der Waals surface area contributed by atoms with Crippen LogP contribution in [0.4, 0.5) is 10.5 Å². The second-order valence-electron chi connectivity index (χ2n) is 6.27. The standard InChI is InChI=1S/C20H20N2O4S/c1-3-26-16-8-4-13(5-9-16)19-22-17(12-27-19)18(23)21(20(22)24)14-6-10-15(25-2)11-7-14/h4-11,17,19H,3,12H2,1-2H3/t17-,19-/m0/s1. The molecule has 27 heavy (non-hydrogen) atoms. The SMILES string of the molecule is CCOc1ccc([C@@H]2SC[C@H]3C(=O)N(c4ccc(OC)cc4)C(=O)N32)cc1. The highest BCUT2D eigenvalue weighted by molar-refractivity contribution is 7.99. The lowest BCUT2D eigenvalue weighted by molar-refractivity contribution is -0.119. The predicted molar refractivity (Wildman–Crippen MR) is 104 cm³/mol. The van der Waals surface area contributed by atoms with Crippen molar-refractivity contribution in [2.75, 3.05) is 24.4 Å². The lowest BCUT2D eigenvalue weighted by Gasteiger charge is -2.23. The minimum Gasteiger partial charge on any atom is -0.497 e. The number of ether oxygens (including phenoxy) is 2. The van der Waals surface area contributed by atoms with Crippen LogP contribution in [-0.2, 0) is 4.79 Å². The largest absolute Gasteiger partial charge is 0.497 e. The van der Waals surface area contributed by atoms with Crippen LogP contribution < -0.4 is 14.4 Å². The van der Waals surface area contributed by atoms with E-state index in [9.17, 15) is 9.59 Å². The van der Waals surface area contributed by atoms with Crippen molar-refractivity contribution in [1.82, 2.24) is 4.90 Å². The highest BCUT2D eigenvalue weighted by atomic mass is 32.2. The van der Waals surface area contributed by atoms with Crippen LogP contribution in [0.2, 0.25) is 0 Å². The summed E-state index contributed by atoms with van der Waals surface area (Å²) in [5.74, 6) is 1.89. The average molecular weight is 384 g/mol. The van der Waals surface area contributed by atoms with Gasteiger partial charge in [-0.2, -0.15) is 0 Å². The van der Waals surface area contributed by atoms with Gasteiger partial charge in [0.25, 0.3) is 5.91 Å². The molecule has 2 aliphatic rings. The van der Waals surface area contributed by atoms with Gasteiger partial charge in [0.05, 0.1) is 19.4 Å². The summed E-state index contributed by atoms with van der Waals surface area (Å²) in [4.78, 5) is 28.9. The monoisotopic (exact) mass is 384 g/mol. The lowest BCUT2D eigenvalue weighted by Crippen LogP contribution is -2.33. The van der Waals surface area contributed by atoms with Crippen molar-refractivity contribution in [3.63, 3.8) is 0 Å². The van der Waals surface area contributed by atoms with Crippen molar-refractivity contribution < 1.29 is 19.1 Å². The number of hydrogen-bond acceptors (Lipinski definition) is 5. The van der Waals surface area contributed by atoms with Crippen LogP contribution in [0.5, 0.6) is 11.5 Å². The van der Waals surface area contributed by atoms with Crippen molar-refractivity contribution >= 4 is 29.4 Å². The fourth-order valence-corrected chi connectivity index (χ4v) is 4.83. The summed E-state index contributed by atoms with van der Waals surface area (Å²) >= 11 is 1.61. The van der Waals surface area contributed by atoms with Gasteiger partial charge in [0.2, 0.25) is 0 Å². The van der Waals surface area contributed by atoms with Gasteiger partial charge in [0.1, 0.15) is 22.9 Å². The molecule has 3 amide bonds. The third-order valence-electron chi connectivity index (χ3n) is 4.72. The molecule has 140 valence electrons. The first-order valence-electron chi connectivity index (χ1n) is 8.78. The highest BCUT2D eigenvalue weighted by Gasteiger charge is 2.53. The fraction of sp³-hybridized carbons (Fsp3) is 0.300. The number of methoxy groups -OCH3 is 1. The molecular weight excluding hydrogens is 364 g/mol. The molecule has 0 aromatic heterocycles. The smallest absolute Gasteiger partial charge is 0.333 e. The quantitative estimate of drug-likeness (QED) is 0.736. The third kappa shape index (κ3) is 3.02. The summed E-state index contributed by atoms with van der Waals surface area (Å²) in [6, 6.07) is 14.0. The number of urea groups is 1. The zero-order valence-electron chi connectivity index (χ0n) is 15.1. The molecular formula is C20H20N2O4S. The lowest BCUT2D eigenvalue weighted by atomic mass is 10.2. The molecule has 0 bridgehead atoms. The maximum atomic E-state index is 13.1. The zero-order valence-corrected chi connectivity index (χ0v) is 15.9. The van der Waals surface area contributed by atoms with Crippen LogP contribution in [0, 0.1) is 0 Å². The summed E-state index contributed by atoms with van der Waals surface area (Å²) in [5.41, 5.74) is 1.55. The van der Waals surface area contributed by atoms with Gasteiger partial charge in [-0.15, -0.1) is 11.8 Å². The van der Waals surface area contributed by atoms with Crippen molar-refractivity contribution in [3.8, 4) is 11.5 Å². The van der Waals surface area contributed by atoms with E-state index in [0.29, 0.717) is 23.8 Å². The molecule has 2 atom stereocenters. The molecule has 2 aromatic carbocycles. The van der Waals surface area contributed by atoms with Crippen molar-refractivity contribution in [3.05, 3.63) is 54.1 Å². The van der Waals surface area contributed by atoms with E-state index >= 15 is 0 Å². The first kappa shape index (κ1) is 17.7. The number of hydrogen-bond donors (Lipinski definition) is 0. The number of amides is 3. The summed E-state index contributed by atoms with van der Waals surface area (Å²) < 4.78 is 10.6. The van der Waals surface area contributed by atoms with Gasteiger partial charge in [-0.25, -0.2) is 9.69 Å². The zero-order chi connectivity index (χ0) is 19.0. The van der Waals surface area contributed by atoms with Crippen LogP contribution in [0.1, 0.15) is 17.9 Å². The molecule has 2 fully saturated rings. The van der Waals surface area contributed by atoms with E-state index in [4.69, 9.17) is 9.47 Å².